The van der Waals surface area contributed by atoms with E-state index in [0.29, 0.717) is 6.61 Å². The third-order valence-electron chi connectivity index (χ3n) is 3.27. The summed E-state index contributed by atoms with van der Waals surface area (Å²) in [5, 5.41) is 0. The highest BCUT2D eigenvalue weighted by atomic mass is 16.5. The molecule has 2 aromatic rings. The average Bonchev–Trinajstić information content (AvgIpc) is 2.42. The monoisotopic (exact) mass is 270 g/mol. The molecule has 0 radical (unpaired) electrons. The van der Waals surface area contributed by atoms with Crippen molar-refractivity contribution >= 4 is 11.4 Å². The molecule has 0 aromatic heterocycles. The predicted octanol–water partition coefficient (Wildman–Crippen LogP) is 3.61. The Labute approximate surface area is 121 Å². The summed E-state index contributed by atoms with van der Waals surface area (Å²) in [6, 6.07) is 14.3. The van der Waals surface area contributed by atoms with Crippen LogP contribution < -0.4 is 15.4 Å². The Hall–Kier alpha value is -2.16. The van der Waals surface area contributed by atoms with Crippen LogP contribution in [-0.2, 0) is 6.54 Å². The number of nitrogen functional groups attached to an aromatic ring is 1. The van der Waals surface area contributed by atoms with Crippen molar-refractivity contribution in [2.45, 2.75) is 20.4 Å². The number of hydrogen-bond acceptors (Lipinski definition) is 3. The molecule has 0 amide bonds. The van der Waals surface area contributed by atoms with Gasteiger partial charge < -0.3 is 15.4 Å². The fourth-order valence-electron chi connectivity index (χ4n) is 2.17. The molecule has 3 heteroatoms. The van der Waals surface area contributed by atoms with Crippen LogP contribution in [0, 0.1) is 6.92 Å². The molecule has 0 aliphatic carbocycles. The van der Waals surface area contributed by atoms with Gasteiger partial charge in [-0.3, -0.25) is 0 Å². The molecule has 0 aliphatic rings. The summed E-state index contributed by atoms with van der Waals surface area (Å²) < 4.78 is 5.67. The predicted molar refractivity (Wildman–Crippen MR) is 85.3 cm³/mol. The van der Waals surface area contributed by atoms with E-state index in [0.717, 1.165) is 23.5 Å². The van der Waals surface area contributed by atoms with E-state index in [1.165, 1.54) is 11.3 Å². The maximum absolute atomic E-state index is 5.88. The van der Waals surface area contributed by atoms with E-state index in [-0.39, 0.29) is 0 Å². The zero-order chi connectivity index (χ0) is 14.5. The fraction of sp³-hybridized carbons (Fsp3) is 0.294. The molecule has 2 N–H and O–H groups in total. The number of anilines is 2. The highest BCUT2D eigenvalue weighted by Crippen LogP contribution is 2.25. The number of hydrogen-bond donors (Lipinski definition) is 1. The molecule has 3 nitrogen and oxygen atoms in total. The van der Waals surface area contributed by atoms with Crippen LogP contribution in [-0.4, -0.2) is 13.7 Å². The van der Waals surface area contributed by atoms with Gasteiger partial charge in [0.1, 0.15) is 5.75 Å². The van der Waals surface area contributed by atoms with Gasteiger partial charge in [0.25, 0.3) is 0 Å². The lowest BCUT2D eigenvalue weighted by atomic mass is 10.1. The van der Waals surface area contributed by atoms with Gasteiger partial charge in [-0.1, -0.05) is 17.7 Å². The van der Waals surface area contributed by atoms with E-state index < -0.39 is 0 Å². The summed E-state index contributed by atoms with van der Waals surface area (Å²) in [6.07, 6.45) is 0. The lowest BCUT2D eigenvalue weighted by molar-refractivity contribution is 0.336. The standard InChI is InChI=1S/C17H22N2O/c1-4-20-17-10-7-15(18)11-14(17)12-19(3)16-8-5-13(2)6-9-16/h5-11H,4,12,18H2,1-3H3. The van der Waals surface area contributed by atoms with Crippen molar-refractivity contribution in [1.82, 2.24) is 0 Å². The minimum atomic E-state index is 0.658. The Balaban J connectivity index is 2.20. The molecule has 106 valence electrons. The SMILES string of the molecule is CCOc1ccc(N)cc1CN(C)c1ccc(C)cc1. The van der Waals surface area contributed by atoms with Gasteiger partial charge in [0.15, 0.2) is 0 Å². The zero-order valence-corrected chi connectivity index (χ0v) is 12.4. The van der Waals surface area contributed by atoms with E-state index in [1.807, 2.05) is 25.1 Å². The normalized spacial score (nSPS) is 10.3. The minimum absolute atomic E-state index is 0.658. The first kappa shape index (κ1) is 14.3. The minimum Gasteiger partial charge on any atom is -0.494 e. The molecule has 0 spiro atoms. The second-order valence-electron chi connectivity index (χ2n) is 4.99. The highest BCUT2D eigenvalue weighted by molar-refractivity contribution is 5.52. The van der Waals surface area contributed by atoms with Crippen molar-refractivity contribution in [3.8, 4) is 5.75 Å². The van der Waals surface area contributed by atoms with Crippen LogP contribution in [0.15, 0.2) is 42.5 Å². The molecule has 20 heavy (non-hydrogen) atoms. The third-order valence-corrected chi connectivity index (χ3v) is 3.27. The average molecular weight is 270 g/mol. The first-order valence-corrected chi connectivity index (χ1v) is 6.89. The second-order valence-corrected chi connectivity index (χ2v) is 4.99. The summed E-state index contributed by atoms with van der Waals surface area (Å²) in [5.41, 5.74) is 10.2. The number of nitrogens with zero attached hydrogens (tertiary/aromatic N) is 1. The van der Waals surface area contributed by atoms with E-state index in [4.69, 9.17) is 10.5 Å². The molecule has 2 aromatic carbocycles. The molecule has 0 fully saturated rings. The molecular formula is C17H22N2O. The smallest absolute Gasteiger partial charge is 0.124 e. The molecule has 0 aliphatic heterocycles. The lowest BCUT2D eigenvalue weighted by Crippen LogP contribution is -2.17. The van der Waals surface area contributed by atoms with Crippen LogP contribution in [0.4, 0.5) is 11.4 Å². The van der Waals surface area contributed by atoms with Crippen molar-refractivity contribution < 1.29 is 4.74 Å². The van der Waals surface area contributed by atoms with Gasteiger partial charge in [0.2, 0.25) is 0 Å². The van der Waals surface area contributed by atoms with E-state index >= 15 is 0 Å². The van der Waals surface area contributed by atoms with Gasteiger partial charge in [-0.05, 0) is 44.2 Å². The molecular weight excluding hydrogens is 248 g/mol. The number of nitrogens with two attached hydrogens (primary N) is 1. The Morgan fingerprint density at radius 3 is 2.45 bits per heavy atom. The van der Waals surface area contributed by atoms with Gasteiger partial charge in [0.05, 0.1) is 6.61 Å². The summed E-state index contributed by atoms with van der Waals surface area (Å²) in [6.45, 7) is 5.51. The van der Waals surface area contributed by atoms with Crippen molar-refractivity contribution in [3.05, 3.63) is 53.6 Å². The van der Waals surface area contributed by atoms with E-state index in [2.05, 4.69) is 43.1 Å². The Morgan fingerprint density at radius 1 is 1.10 bits per heavy atom. The van der Waals surface area contributed by atoms with Gasteiger partial charge in [-0.2, -0.15) is 0 Å². The maximum Gasteiger partial charge on any atom is 0.124 e. The van der Waals surface area contributed by atoms with Crippen molar-refractivity contribution in [2.24, 2.45) is 0 Å². The summed E-state index contributed by atoms with van der Waals surface area (Å²) in [5.74, 6) is 0.903. The summed E-state index contributed by atoms with van der Waals surface area (Å²) in [7, 11) is 2.07. The quantitative estimate of drug-likeness (QED) is 0.843. The first-order chi connectivity index (χ1) is 9.60. The van der Waals surface area contributed by atoms with Crippen LogP contribution in [0.3, 0.4) is 0 Å². The Kier molecular flexibility index (Phi) is 4.51. The molecule has 2 rings (SSSR count). The third kappa shape index (κ3) is 3.44. The maximum atomic E-state index is 5.88. The van der Waals surface area contributed by atoms with Crippen LogP contribution in [0.2, 0.25) is 0 Å². The number of aryl methyl sites for hydroxylation is 1. The van der Waals surface area contributed by atoms with Crippen LogP contribution in [0.1, 0.15) is 18.1 Å². The molecule has 0 atom stereocenters. The topological polar surface area (TPSA) is 38.5 Å². The second kappa shape index (κ2) is 6.33. The van der Waals surface area contributed by atoms with Crippen LogP contribution in [0.5, 0.6) is 5.75 Å². The van der Waals surface area contributed by atoms with Gasteiger partial charge in [0, 0.05) is 30.5 Å². The lowest BCUT2D eigenvalue weighted by Gasteiger charge is -2.21. The number of ether oxygens (including phenoxy) is 1. The Morgan fingerprint density at radius 2 is 1.80 bits per heavy atom. The molecule has 0 saturated heterocycles. The summed E-state index contributed by atoms with van der Waals surface area (Å²) in [4.78, 5) is 2.19. The van der Waals surface area contributed by atoms with Crippen molar-refractivity contribution in [3.63, 3.8) is 0 Å². The van der Waals surface area contributed by atoms with Gasteiger partial charge >= 0.3 is 0 Å². The van der Waals surface area contributed by atoms with E-state index in [9.17, 15) is 0 Å². The fourth-order valence-corrected chi connectivity index (χ4v) is 2.17. The Bertz CT molecular complexity index is 564. The van der Waals surface area contributed by atoms with Crippen LogP contribution in [0.25, 0.3) is 0 Å². The van der Waals surface area contributed by atoms with Crippen molar-refractivity contribution in [1.29, 1.82) is 0 Å². The van der Waals surface area contributed by atoms with E-state index in [1.54, 1.807) is 0 Å². The molecule has 0 saturated carbocycles. The van der Waals surface area contributed by atoms with Gasteiger partial charge in [-0.25, -0.2) is 0 Å². The molecule has 0 bridgehead atoms. The molecule has 0 unspecified atom stereocenters. The van der Waals surface area contributed by atoms with Crippen LogP contribution >= 0.6 is 0 Å². The highest BCUT2D eigenvalue weighted by Gasteiger charge is 2.08. The molecule has 0 heterocycles. The summed E-state index contributed by atoms with van der Waals surface area (Å²) >= 11 is 0. The van der Waals surface area contributed by atoms with Gasteiger partial charge in [-0.15, -0.1) is 0 Å². The first-order valence-electron chi connectivity index (χ1n) is 6.89. The largest absolute Gasteiger partial charge is 0.494 e. The zero-order valence-electron chi connectivity index (χ0n) is 12.4. The number of benzene rings is 2. The number of rotatable bonds is 5. The van der Waals surface area contributed by atoms with Crippen molar-refractivity contribution in [2.75, 3.05) is 24.3 Å².